The minimum atomic E-state index is 0. The third-order valence-corrected chi connectivity index (χ3v) is 4.07. The highest BCUT2D eigenvalue weighted by Gasteiger charge is 2.35. The Morgan fingerprint density at radius 3 is 2.88 bits per heavy atom. The van der Waals surface area contributed by atoms with Gasteiger partial charge >= 0.3 is 0 Å². The molecule has 1 fully saturated rings. The van der Waals surface area contributed by atoms with Gasteiger partial charge in [0.25, 0.3) is 5.91 Å². The Labute approximate surface area is 112 Å². The highest BCUT2D eigenvalue weighted by Crippen LogP contribution is 2.30. The van der Waals surface area contributed by atoms with Crippen LogP contribution in [0.1, 0.15) is 28.0 Å². The Balaban J connectivity index is 0.00000144. The first-order valence-electron chi connectivity index (χ1n) is 5.46. The van der Waals surface area contributed by atoms with Gasteiger partial charge < -0.3 is 10.6 Å². The second-order valence-electron chi connectivity index (χ2n) is 4.74. The summed E-state index contributed by atoms with van der Waals surface area (Å²) in [4.78, 5) is 18.9. The van der Waals surface area contributed by atoms with E-state index in [0.717, 1.165) is 29.4 Å². The third kappa shape index (κ3) is 2.97. The minimum absolute atomic E-state index is 0. The normalized spacial score (nSPS) is 23.6. The predicted octanol–water partition coefficient (Wildman–Crippen LogP) is 1.68. The van der Waals surface area contributed by atoms with Gasteiger partial charge in [0, 0.05) is 13.1 Å². The number of hydrogen-bond acceptors (Lipinski definition) is 4. The number of likely N-dealkylation sites (tertiary alicyclic amines) is 1. The van der Waals surface area contributed by atoms with Gasteiger partial charge in [0.05, 0.1) is 11.2 Å². The number of rotatable bonds is 2. The molecule has 4 nitrogen and oxygen atoms in total. The van der Waals surface area contributed by atoms with Crippen LogP contribution < -0.4 is 5.73 Å². The number of thiazole rings is 1. The zero-order chi connectivity index (χ0) is 11.8. The number of carbonyl (C=O) groups excluding carboxylic acids is 1. The summed E-state index contributed by atoms with van der Waals surface area (Å²) in [7, 11) is 0. The Kier molecular flexibility index (Phi) is 4.52. The van der Waals surface area contributed by atoms with Crippen molar-refractivity contribution in [2.75, 3.05) is 19.6 Å². The number of halogens is 1. The van der Waals surface area contributed by atoms with E-state index in [4.69, 9.17) is 5.73 Å². The highest BCUT2D eigenvalue weighted by atomic mass is 35.5. The first-order valence-corrected chi connectivity index (χ1v) is 6.27. The molecule has 0 spiro atoms. The fourth-order valence-corrected chi connectivity index (χ4v) is 2.73. The number of aryl methyl sites for hydroxylation is 1. The summed E-state index contributed by atoms with van der Waals surface area (Å²) >= 11 is 1.46. The predicted molar refractivity (Wildman–Crippen MR) is 71.8 cm³/mol. The van der Waals surface area contributed by atoms with Crippen LogP contribution in [0, 0.1) is 12.3 Å². The molecule has 17 heavy (non-hydrogen) atoms. The standard InChI is InChI=1S/C11H17N3OS.ClH/c1-8-13-5-9(16-8)10(15)14-4-3-11(2,6-12)7-14;/h5H,3-4,6-7,12H2,1-2H3;1H. The molecule has 0 aliphatic carbocycles. The summed E-state index contributed by atoms with van der Waals surface area (Å²) in [6.07, 6.45) is 2.66. The average molecular weight is 276 g/mol. The van der Waals surface area contributed by atoms with Crippen molar-refractivity contribution in [3.63, 3.8) is 0 Å². The van der Waals surface area contributed by atoms with Crippen molar-refractivity contribution in [2.45, 2.75) is 20.3 Å². The van der Waals surface area contributed by atoms with Gasteiger partial charge in [-0.2, -0.15) is 0 Å². The van der Waals surface area contributed by atoms with Gasteiger partial charge in [0.15, 0.2) is 0 Å². The lowest BCUT2D eigenvalue weighted by Crippen LogP contribution is -2.34. The highest BCUT2D eigenvalue weighted by molar-refractivity contribution is 7.13. The van der Waals surface area contributed by atoms with Crippen LogP contribution in [0.15, 0.2) is 6.20 Å². The lowest BCUT2D eigenvalue weighted by atomic mass is 9.90. The summed E-state index contributed by atoms with van der Waals surface area (Å²) in [5.74, 6) is 0.0998. The molecule has 1 amide bonds. The molecule has 0 radical (unpaired) electrons. The van der Waals surface area contributed by atoms with Crippen LogP contribution in [-0.4, -0.2) is 35.4 Å². The SMILES string of the molecule is Cc1ncc(C(=O)N2CCC(C)(CN)C2)s1.Cl. The van der Waals surface area contributed by atoms with E-state index in [-0.39, 0.29) is 23.7 Å². The number of hydrogen-bond donors (Lipinski definition) is 1. The second kappa shape index (κ2) is 5.33. The van der Waals surface area contributed by atoms with Crippen molar-refractivity contribution in [3.05, 3.63) is 16.1 Å². The van der Waals surface area contributed by atoms with Gasteiger partial charge in [-0.15, -0.1) is 23.7 Å². The van der Waals surface area contributed by atoms with Crippen LogP contribution in [0.4, 0.5) is 0 Å². The van der Waals surface area contributed by atoms with Crippen LogP contribution in [0.2, 0.25) is 0 Å². The summed E-state index contributed by atoms with van der Waals surface area (Å²) < 4.78 is 0. The van der Waals surface area contributed by atoms with E-state index >= 15 is 0 Å². The Morgan fingerprint density at radius 2 is 2.41 bits per heavy atom. The molecule has 0 saturated carbocycles. The van der Waals surface area contributed by atoms with E-state index in [2.05, 4.69) is 11.9 Å². The van der Waals surface area contributed by atoms with E-state index in [9.17, 15) is 4.79 Å². The van der Waals surface area contributed by atoms with Crippen molar-refractivity contribution < 1.29 is 4.79 Å². The summed E-state index contributed by atoms with van der Waals surface area (Å²) in [6.45, 7) is 6.26. The molecule has 6 heteroatoms. The van der Waals surface area contributed by atoms with Crippen molar-refractivity contribution in [1.82, 2.24) is 9.88 Å². The van der Waals surface area contributed by atoms with Gasteiger partial charge in [-0.25, -0.2) is 4.98 Å². The molecule has 1 unspecified atom stereocenters. The van der Waals surface area contributed by atoms with E-state index in [1.54, 1.807) is 6.20 Å². The molecule has 1 aliphatic heterocycles. The maximum atomic E-state index is 12.1. The second-order valence-corrected chi connectivity index (χ2v) is 5.97. The third-order valence-electron chi connectivity index (χ3n) is 3.17. The topological polar surface area (TPSA) is 59.2 Å². The smallest absolute Gasteiger partial charge is 0.265 e. The molecular formula is C11H18ClN3OS. The quantitative estimate of drug-likeness (QED) is 0.893. The molecular weight excluding hydrogens is 258 g/mol. The van der Waals surface area contributed by atoms with Crippen LogP contribution in [0.5, 0.6) is 0 Å². The van der Waals surface area contributed by atoms with E-state index in [1.807, 2.05) is 11.8 Å². The maximum absolute atomic E-state index is 12.1. The fraction of sp³-hybridized carbons (Fsp3) is 0.636. The first kappa shape index (κ1) is 14.4. The summed E-state index contributed by atoms with van der Waals surface area (Å²) in [5.41, 5.74) is 5.82. The summed E-state index contributed by atoms with van der Waals surface area (Å²) in [6, 6.07) is 0. The molecule has 0 bridgehead atoms. The van der Waals surface area contributed by atoms with Crippen molar-refractivity contribution >= 4 is 29.7 Å². The lowest BCUT2D eigenvalue weighted by molar-refractivity contribution is 0.0781. The Bertz CT molecular complexity index is 409. The van der Waals surface area contributed by atoms with Gasteiger partial charge in [0.1, 0.15) is 4.88 Å². The molecule has 1 aromatic rings. The molecule has 1 saturated heterocycles. The van der Waals surface area contributed by atoms with Crippen LogP contribution >= 0.6 is 23.7 Å². The molecule has 2 heterocycles. The Morgan fingerprint density at radius 1 is 1.71 bits per heavy atom. The van der Waals surface area contributed by atoms with Crippen molar-refractivity contribution in [3.8, 4) is 0 Å². The van der Waals surface area contributed by atoms with Gasteiger partial charge in [0.2, 0.25) is 0 Å². The number of nitrogens with zero attached hydrogens (tertiary/aromatic N) is 2. The number of amides is 1. The van der Waals surface area contributed by atoms with E-state index < -0.39 is 0 Å². The fourth-order valence-electron chi connectivity index (χ4n) is 1.98. The van der Waals surface area contributed by atoms with Crippen LogP contribution in [-0.2, 0) is 0 Å². The molecule has 0 aromatic carbocycles. The summed E-state index contributed by atoms with van der Waals surface area (Å²) in [5, 5.41) is 0.934. The molecule has 1 aliphatic rings. The Hall–Kier alpha value is -0.650. The maximum Gasteiger partial charge on any atom is 0.265 e. The van der Waals surface area contributed by atoms with Gasteiger partial charge in [-0.05, 0) is 25.3 Å². The molecule has 96 valence electrons. The van der Waals surface area contributed by atoms with Gasteiger partial charge in [-0.1, -0.05) is 6.92 Å². The zero-order valence-corrected chi connectivity index (χ0v) is 11.7. The van der Waals surface area contributed by atoms with Crippen LogP contribution in [0.25, 0.3) is 0 Å². The average Bonchev–Trinajstić information content (AvgIpc) is 2.85. The van der Waals surface area contributed by atoms with Crippen molar-refractivity contribution in [1.29, 1.82) is 0 Å². The number of nitrogens with two attached hydrogens (primary N) is 1. The number of aromatic nitrogens is 1. The molecule has 2 rings (SSSR count). The van der Waals surface area contributed by atoms with E-state index in [1.165, 1.54) is 11.3 Å². The minimum Gasteiger partial charge on any atom is -0.337 e. The number of carbonyl (C=O) groups is 1. The van der Waals surface area contributed by atoms with Gasteiger partial charge in [-0.3, -0.25) is 4.79 Å². The monoisotopic (exact) mass is 275 g/mol. The van der Waals surface area contributed by atoms with E-state index in [0.29, 0.717) is 6.54 Å². The molecule has 1 atom stereocenters. The van der Waals surface area contributed by atoms with Crippen molar-refractivity contribution in [2.24, 2.45) is 11.1 Å². The lowest BCUT2D eigenvalue weighted by Gasteiger charge is -2.22. The van der Waals surface area contributed by atoms with Crippen LogP contribution in [0.3, 0.4) is 0 Å². The molecule has 2 N–H and O–H groups in total. The zero-order valence-electron chi connectivity index (χ0n) is 10.1. The largest absolute Gasteiger partial charge is 0.337 e. The first-order chi connectivity index (χ1) is 7.54. The molecule has 1 aromatic heterocycles.